The summed E-state index contributed by atoms with van der Waals surface area (Å²) in [6.07, 6.45) is 12.0. The number of carbonyl (C=O) groups is 1. The molecule has 0 radical (unpaired) electrons. The zero-order valence-corrected chi connectivity index (χ0v) is 11.5. The second-order valence-corrected chi connectivity index (χ2v) is 3.93. The molecule has 0 saturated heterocycles. The van der Waals surface area contributed by atoms with E-state index < -0.39 is 0 Å². The normalized spacial score (nSPS) is 11.8. The van der Waals surface area contributed by atoms with Gasteiger partial charge in [-0.15, -0.1) is 12.8 Å². The van der Waals surface area contributed by atoms with Crippen LogP contribution in [0.3, 0.4) is 0 Å². The van der Waals surface area contributed by atoms with Gasteiger partial charge in [0, 0.05) is 12.7 Å². The molecular formula is C15H22N2O. The maximum absolute atomic E-state index is 11.7. The Morgan fingerprint density at radius 2 is 1.94 bits per heavy atom. The van der Waals surface area contributed by atoms with E-state index in [0.29, 0.717) is 6.54 Å². The molecule has 98 valence electrons. The molecule has 0 aliphatic carbocycles. The van der Waals surface area contributed by atoms with E-state index in [1.54, 1.807) is 6.20 Å². The summed E-state index contributed by atoms with van der Waals surface area (Å²) in [6.45, 7) is 7.84. The highest BCUT2D eigenvalue weighted by Crippen LogP contribution is 2.19. The lowest BCUT2D eigenvalue weighted by molar-refractivity contribution is 0.0778. The van der Waals surface area contributed by atoms with Gasteiger partial charge in [-0.05, 0) is 18.6 Å². The Balaban J connectivity index is 0.000000509. The number of hydrogen-bond acceptors (Lipinski definition) is 2. The van der Waals surface area contributed by atoms with Crippen LogP contribution in [0.5, 0.6) is 0 Å². The summed E-state index contributed by atoms with van der Waals surface area (Å²) in [5.41, 5.74) is 1.69. The van der Waals surface area contributed by atoms with Crippen LogP contribution in [0.25, 0.3) is 0 Å². The first-order valence-corrected chi connectivity index (χ1v) is 6.31. The first kappa shape index (κ1) is 16.2. The van der Waals surface area contributed by atoms with Crippen molar-refractivity contribution in [2.24, 2.45) is 0 Å². The fourth-order valence-corrected chi connectivity index (χ4v) is 1.63. The number of fused-ring (bicyclic) bond motifs is 1. The van der Waals surface area contributed by atoms with E-state index in [1.807, 2.05) is 17.0 Å². The number of rotatable bonds is 2. The van der Waals surface area contributed by atoms with Crippen molar-refractivity contribution in [3.05, 3.63) is 29.6 Å². The summed E-state index contributed by atoms with van der Waals surface area (Å²) in [4.78, 5) is 17.7. The molecule has 0 unspecified atom stereocenters. The highest BCUT2D eigenvalue weighted by Gasteiger charge is 2.26. The summed E-state index contributed by atoms with van der Waals surface area (Å²) in [7, 11) is 0. The van der Waals surface area contributed by atoms with Gasteiger partial charge in [0.05, 0.1) is 17.8 Å². The molecule has 2 heterocycles. The average molecular weight is 246 g/mol. The minimum atomic E-state index is 0.130. The number of aromatic nitrogens is 1. The molecule has 1 aromatic heterocycles. The van der Waals surface area contributed by atoms with Crippen LogP contribution < -0.4 is 0 Å². The number of terminal acetylenes is 1. The summed E-state index contributed by atoms with van der Waals surface area (Å²) >= 11 is 0. The Bertz CT molecular complexity index is 385. The van der Waals surface area contributed by atoms with Gasteiger partial charge in [-0.2, -0.15) is 0 Å². The predicted molar refractivity (Wildman–Crippen MR) is 75.1 cm³/mol. The van der Waals surface area contributed by atoms with Gasteiger partial charge in [-0.25, -0.2) is 0 Å². The molecule has 0 spiro atoms. The van der Waals surface area contributed by atoms with Crippen molar-refractivity contribution in [2.45, 2.75) is 40.2 Å². The lowest BCUT2D eigenvalue weighted by atomic mass is 10.2. The van der Waals surface area contributed by atoms with Crippen LogP contribution in [0, 0.1) is 12.8 Å². The summed E-state index contributed by atoms with van der Waals surface area (Å²) in [6, 6.07) is 3.66. The Morgan fingerprint density at radius 3 is 2.44 bits per heavy atom. The molecule has 1 aliphatic heterocycles. The molecule has 1 aliphatic rings. The maximum atomic E-state index is 11.7. The largest absolute Gasteiger partial charge is 0.333 e. The zero-order valence-electron chi connectivity index (χ0n) is 11.5. The standard InChI is InChI=1S/C10H12N2O.C3H8.C2H2/c1-2-6-12-7-9-8(10(12)13)4-3-5-11-9;1-3-2;1-2/h3-5H,2,6-7H2,1H3;3H2,1-2H3;1-2H. The van der Waals surface area contributed by atoms with Crippen LogP contribution in [-0.2, 0) is 6.54 Å². The van der Waals surface area contributed by atoms with Gasteiger partial charge < -0.3 is 4.90 Å². The fourth-order valence-electron chi connectivity index (χ4n) is 1.63. The van der Waals surface area contributed by atoms with Crippen molar-refractivity contribution in [1.82, 2.24) is 9.88 Å². The third-order valence-electron chi connectivity index (χ3n) is 2.24. The molecule has 0 N–H and O–H groups in total. The van der Waals surface area contributed by atoms with Crippen LogP contribution in [0.1, 0.15) is 49.7 Å². The minimum Gasteiger partial charge on any atom is -0.333 e. The predicted octanol–water partition coefficient (Wildman–Crippen LogP) is 3.11. The molecular weight excluding hydrogens is 224 g/mol. The minimum absolute atomic E-state index is 0.130. The van der Waals surface area contributed by atoms with E-state index in [-0.39, 0.29) is 5.91 Å². The van der Waals surface area contributed by atoms with Crippen LogP contribution in [0.15, 0.2) is 18.3 Å². The Labute approximate surface area is 110 Å². The molecule has 0 aromatic carbocycles. The van der Waals surface area contributed by atoms with E-state index in [9.17, 15) is 4.79 Å². The molecule has 2 rings (SSSR count). The smallest absolute Gasteiger partial charge is 0.256 e. The lowest BCUT2D eigenvalue weighted by Gasteiger charge is -2.12. The van der Waals surface area contributed by atoms with Gasteiger partial charge in [0.1, 0.15) is 0 Å². The van der Waals surface area contributed by atoms with Gasteiger partial charge in [-0.1, -0.05) is 27.2 Å². The number of amides is 1. The van der Waals surface area contributed by atoms with Gasteiger partial charge in [0.25, 0.3) is 5.91 Å². The van der Waals surface area contributed by atoms with Crippen LogP contribution in [0.2, 0.25) is 0 Å². The molecule has 0 atom stereocenters. The fraction of sp³-hybridized carbons (Fsp3) is 0.467. The maximum Gasteiger partial charge on any atom is 0.256 e. The zero-order chi connectivity index (χ0) is 14.0. The van der Waals surface area contributed by atoms with Crippen molar-refractivity contribution in [3.63, 3.8) is 0 Å². The summed E-state index contributed by atoms with van der Waals surface area (Å²) < 4.78 is 0. The second-order valence-electron chi connectivity index (χ2n) is 3.93. The molecule has 18 heavy (non-hydrogen) atoms. The van der Waals surface area contributed by atoms with Gasteiger partial charge >= 0.3 is 0 Å². The van der Waals surface area contributed by atoms with E-state index in [1.165, 1.54) is 6.42 Å². The summed E-state index contributed by atoms with van der Waals surface area (Å²) in [5.74, 6) is 0.130. The van der Waals surface area contributed by atoms with Gasteiger partial charge in [0.2, 0.25) is 0 Å². The van der Waals surface area contributed by atoms with Crippen LogP contribution >= 0.6 is 0 Å². The van der Waals surface area contributed by atoms with Crippen molar-refractivity contribution in [2.75, 3.05) is 6.54 Å². The van der Waals surface area contributed by atoms with Crippen molar-refractivity contribution < 1.29 is 4.79 Å². The number of nitrogens with zero attached hydrogens (tertiary/aromatic N) is 2. The highest BCUT2D eigenvalue weighted by atomic mass is 16.2. The average Bonchev–Trinajstić information content (AvgIpc) is 2.71. The third kappa shape index (κ3) is 4.21. The van der Waals surface area contributed by atoms with Crippen LogP contribution in [0.4, 0.5) is 0 Å². The van der Waals surface area contributed by atoms with Crippen molar-refractivity contribution in [3.8, 4) is 12.8 Å². The quantitative estimate of drug-likeness (QED) is 0.751. The molecule has 3 heteroatoms. The first-order valence-electron chi connectivity index (χ1n) is 6.31. The molecule has 3 nitrogen and oxygen atoms in total. The Kier molecular flexibility index (Phi) is 8.30. The van der Waals surface area contributed by atoms with Gasteiger partial charge in [0.15, 0.2) is 0 Å². The van der Waals surface area contributed by atoms with Crippen molar-refractivity contribution >= 4 is 5.91 Å². The summed E-state index contributed by atoms with van der Waals surface area (Å²) in [5, 5.41) is 0. The monoisotopic (exact) mass is 246 g/mol. The molecule has 1 amide bonds. The van der Waals surface area contributed by atoms with E-state index in [4.69, 9.17) is 0 Å². The second kappa shape index (κ2) is 9.23. The molecule has 0 saturated carbocycles. The third-order valence-corrected chi connectivity index (χ3v) is 2.24. The first-order chi connectivity index (χ1) is 8.74. The molecule has 1 aromatic rings. The van der Waals surface area contributed by atoms with E-state index in [2.05, 4.69) is 38.6 Å². The topological polar surface area (TPSA) is 33.2 Å². The molecule has 0 fully saturated rings. The van der Waals surface area contributed by atoms with E-state index in [0.717, 1.165) is 24.2 Å². The lowest BCUT2D eigenvalue weighted by Crippen LogP contribution is -2.24. The SMILES string of the molecule is C#C.CCC.CCCN1Cc2ncccc2C1=O. The van der Waals surface area contributed by atoms with E-state index >= 15 is 0 Å². The van der Waals surface area contributed by atoms with Crippen LogP contribution in [-0.4, -0.2) is 22.3 Å². The Hall–Kier alpha value is -1.82. The number of carbonyl (C=O) groups excluding carboxylic acids is 1. The van der Waals surface area contributed by atoms with Crippen molar-refractivity contribution in [1.29, 1.82) is 0 Å². The Morgan fingerprint density at radius 1 is 1.33 bits per heavy atom. The number of pyridine rings is 1. The van der Waals surface area contributed by atoms with Gasteiger partial charge in [-0.3, -0.25) is 9.78 Å². The highest BCUT2D eigenvalue weighted by molar-refractivity contribution is 5.97. The molecule has 0 bridgehead atoms. The number of hydrogen-bond donors (Lipinski definition) is 0.